The number of nitrogens with zero attached hydrogens (tertiary/aromatic N) is 2. The molecular formula is C13H11N3O3S. The summed E-state index contributed by atoms with van der Waals surface area (Å²) in [6.45, 7) is -0.165. The smallest absolute Gasteiger partial charge is 0.325 e. The maximum absolute atomic E-state index is 11.9. The van der Waals surface area contributed by atoms with Gasteiger partial charge in [-0.05, 0) is 12.1 Å². The summed E-state index contributed by atoms with van der Waals surface area (Å²) in [5.41, 5.74) is 1.29. The fraction of sp³-hybridized carbons (Fsp3) is 0.154. The van der Waals surface area contributed by atoms with Crippen LogP contribution in [0.3, 0.4) is 0 Å². The fourth-order valence-electron chi connectivity index (χ4n) is 1.87. The van der Waals surface area contributed by atoms with Gasteiger partial charge in [-0.2, -0.15) is 0 Å². The van der Waals surface area contributed by atoms with Gasteiger partial charge in [-0.25, -0.2) is 4.98 Å². The number of hydrogen-bond acceptors (Lipinski definition) is 5. The van der Waals surface area contributed by atoms with Crippen LogP contribution in [0.1, 0.15) is 10.5 Å². The molecule has 0 saturated heterocycles. The molecule has 1 amide bonds. The van der Waals surface area contributed by atoms with Gasteiger partial charge in [-0.15, -0.1) is 0 Å². The summed E-state index contributed by atoms with van der Waals surface area (Å²) < 4.78 is 7.44. The summed E-state index contributed by atoms with van der Waals surface area (Å²) in [7, 11) is 1.27. The first kappa shape index (κ1) is 12.6. The van der Waals surface area contributed by atoms with Gasteiger partial charge in [-0.3, -0.25) is 14.0 Å². The van der Waals surface area contributed by atoms with Crippen molar-refractivity contribution in [2.75, 3.05) is 13.7 Å². The number of fused-ring (bicyclic) bond motifs is 3. The lowest BCUT2D eigenvalue weighted by molar-refractivity contribution is -0.139. The second-order valence-corrected chi connectivity index (χ2v) is 5.12. The Balaban J connectivity index is 1.89. The fourth-order valence-corrected chi connectivity index (χ4v) is 2.88. The molecule has 0 aliphatic rings. The predicted molar refractivity (Wildman–Crippen MR) is 74.9 cm³/mol. The number of methoxy groups -OCH3 is 1. The first-order valence-electron chi connectivity index (χ1n) is 5.90. The van der Waals surface area contributed by atoms with Gasteiger partial charge < -0.3 is 10.1 Å². The molecule has 0 radical (unpaired) electrons. The number of aromatic nitrogens is 2. The summed E-state index contributed by atoms with van der Waals surface area (Å²) >= 11 is 1.51. The summed E-state index contributed by atoms with van der Waals surface area (Å²) in [5, 5.41) is 2.46. The van der Waals surface area contributed by atoms with Gasteiger partial charge in [0.1, 0.15) is 12.2 Å². The van der Waals surface area contributed by atoms with Crippen molar-refractivity contribution in [3.05, 3.63) is 36.2 Å². The Kier molecular flexibility index (Phi) is 3.11. The van der Waals surface area contributed by atoms with E-state index in [-0.39, 0.29) is 12.2 Å². The van der Waals surface area contributed by atoms with Gasteiger partial charge in [0.25, 0.3) is 5.91 Å². The summed E-state index contributed by atoms with van der Waals surface area (Å²) in [5.74, 6) is -0.889. The molecule has 2 aromatic heterocycles. The number of nitrogens with one attached hydrogen (secondary N) is 1. The minimum atomic E-state index is -0.496. The number of para-hydroxylation sites is 1. The molecule has 7 heteroatoms. The molecule has 3 aromatic rings. The molecular weight excluding hydrogens is 278 g/mol. The van der Waals surface area contributed by atoms with E-state index < -0.39 is 11.9 Å². The lowest BCUT2D eigenvalue weighted by atomic mass is 10.3. The van der Waals surface area contributed by atoms with E-state index in [9.17, 15) is 9.59 Å². The number of esters is 1. The highest BCUT2D eigenvalue weighted by Crippen LogP contribution is 2.25. The number of thiazole rings is 1. The Morgan fingerprint density at radius 3 is 3.00 bits per heavy atom. The zero-order valence-electron chi connectivity index (χ0n) is 10.6. The quantitative estimate of drug-likeness (QED) is 0.741. The maximum Gasteiger partial charge on any atom is 0.325 e. The van der Waals surface area contributed by atoms with Gasteiger partial charge in [0.2, 0.25) is 0 Å². The maximum atomic E-state index is 11.9. The molecule has 0 atom stereocenters. The number of carbonyl (C=O) groups is 2. The molecule has 0 aliphatic carbocycles. The molecule has 0 unspecified atom stereocenters. The van der Waals surface area contributed by atoms with E-state index in [2.05, 4.69) is 15.0 Å². The number of rotatable bonds is 3. The van der Waals surface area contributed by atoms with Crippen LogP contribution in [0.5, 0.6) is 0 Å². The Morgan fingerprint density at radius 2 is 2.20 bits per heavy atom. The molecule has 6 nitrogen and oxygen atoms in total. The van der Waals surface area contributed by atoms with Crippen LogP contribution in [0.15, 0.2) is 30.5 Å². The summed E-state index contributed by atoms with van der Waals surface area (Å²) in [6, 6.07) is 7.87. The zero-order valence-corrected chi connectivity index (χ0v) is 11.4. The van der Waals surface area contributed by atoms with Crippen LogP contribution in [-0.2, 0) is 9.53 Å². The molecule has 1 aromatic carbocycles. The van der Waals surface area contributed by atoms with Crippen molar-refractivity contribution in [1.29, 1.82) is 0 Å². The number of amides is 1. The molecule has 3 rings (SSSR count). The Bertz CT molecular complexity index is 806. The third-order valence-corrected chi connectivity index (χ3v) is 3.89. The molecule has 0 fully saturated rings. The molecule has 0 spiro atoms. The van der Waals surface area contributed by atoms with Crippen LogP contribution in [0.2, 0.25) is 0 Å². The number of imidazole rings is 1. The van der Waals surface area contributed by atoms with Crippen molar-refractivity contribution in [1.82, 2.24) is 14.7 Å². The molecule has 0 aliphatic heterocycles. The van der Waals surface area contributed by atoms with Crippen molar-refractivity contribution in [3.63, 3.8) is 0 Å². The second kappa shape index (κ2) is 4.93. The van der Waals surface area contributed by atoms with Crippen LogP contribution < -0.4 is 5.32 Å². The summed E-state index contributed by atoms with van der Waals surface area (Å²) in [4.78, 5) is 27.9. The normalized spacial score (nSPS) is 10.8. The molecule has 0 bridgehead atoms. The lowest BCUT2D eigenvalue weighted by Crippen LogP contribution is -2.30. The molecule has 1 N–H and O–H groups in total. The average Bonchev–Trinajstić information content (AvgIpc) is 3.01. The lowest BCUT2D eigenvalue weighted by Gasteiger charge is -2.00. The van der Waals surface area contributed by atoms with E-state index in [1.165, 1.54) is 18.4 Å². The van der Waals surface area contributed by atoms with Gasteiger partial charge in [0.15, 0.2) is 4.96 Å². The van der Waals surface area contributed by atoms with E-state index >= 15 is 0 Å². The van der Waals surface area contributed by atoms with Gasteiger partial charge in [0, 0.05) is 6.20 Å². The highest BCUT2D eigenvalue weighted by Gasteiger charge is 2.14. The van der Waals surface area contributed by atoms with Gasteiger partial charge in [-0.1, -0.05) is 23.5 Å². The standard InChI is InChI=1S/C13H11N3O3S/c1-19-11(17)6-14-12(18)8-7-16-9-4-2-3-5-10(9)20-13(16)15-8/h2-5,7H,6H2,1H3,(H,14,18). The predicted octanol–water partition coefficient (Wildman–Crippen LogP) is 1.45. The second-order valence-electron chi connectivity index (χ2n) is 4.11. The van der Waals surface area contributed by atoms with E-state index in [0.29, 0.717) is 0 Å². The average molecular weight is 289 g/mol. The topological polar surface area (TPSA) is 72.7 Å². The van der Waals surface area contributed by atoms with E-state index in [1.54, 1.807) is 6.20 Å². The highest BCUT2D eigenvalue weighted by atomic mass is 32.1. The molecule has 20 heavy (non-hydrogen) atoms. The largest absolute Gasteiger partial charge is 0.468 e. The summed E-state index contributed by atoms with van der Waals surface area (Å²) in [6.07, 6.45) is 1.67. The zero-order chi connectivity index (χ0) is 14.1. The number of hydrogen-bond donors (Lipinski definition) is 1. The first-order chi connectivity index (χ1) is 9.69. The molecule has 0 saturated carbocycles. The number of ether oxygens (including phenoxy) is 1. The SMILES string of the molecule is COC(=O)CNC(=O)c1cn2c(n1)sc1ccccc12. The van der Waals surface area contributed by atoms with E-state index in [1.807, 2.05) is 28.7 Å². The Labute approximate surface area is 118 Å². The van der Waals surface area contributed by atoms with Gasteiger partial charge in [0.05, 0.1) is 17.3 Å². The van der Waals surface area contributed by atoms with E-state index in [4.69, 9.17) is 0 Å². The minimum absolute atomic E-state index is 0.165. The first-order valence-corrected chi connectivity index (χ1v) is 6.72. The highest BCUT2D eigenvalue weighted by molar-refractivity contribution is 7.23. The van der Waals surface area contributed by atoms with Crippen LogP contribution in [0.25, 0.3) is 15.2 Å². The van der Waals surface area contributed by atoms with Crippen molar-refractivity contribution < 1.29 is 14.3 Å². The van der Waals surface area contributed by atoms with Crippen LogP contribution >= 0.6 is 11.3 Å². The van der Waals surface area contributed by atoms with Crippen molar-refractivity contribution in [2.24, 2.45) is 0 Å². The van der Waals surface area contributed by atoms with Gasteiger partial charge >= 0.3 is 5.97 Å². The monoisotopic (exact) mass is 289 g/mol. The Morgan fingerprint density at radius 1 is 1.40 bits per heavy atom. The van der Waals surface area contributed by atoms with Crippen LogP contribution in [0, 0.1) is 0 Å². The van der Waals surface area contributed by atoms with Crippen molar-refractivity contribution >= 4 is 38.4 Å². The van der Waals surface area contributed by atoms with Crippen molar-refractivity contribution in [2.45, 2.75) is 0 Å². The van der Waals surface area contributed by atoms with Crippen LogP contribution in [-0.4, -0.2) is 34.9 Å². The third kappa shape index (κ3) is 2.12. The number of benzene rings is 1. The Hall–Kier alpha value is -2.41. The van der Waals surface area contributed by atoms with E-state index in [0.717, 1.165) is 15.2 Å². The molecule has 102 valence electrons. The minimum Gasteiger partial charge on any atom is -0.468 e. The van der Waals surface area contributed by atoms with Crippen LogP contribution in [0.4, 0.5) is 0 Å². The number of carbonyl (C=O) groups excluding carboxylic acids is 2. The molecule has 2 heterocycles. The van der Waals surface area contributed by atoms with Crippen molar-refractivity contribution in [3.8, 4) is 0 Å². The third-order valence-electron chi connectivity index (χ3n) is 2.85.